The molecular formula is C14H14FN3OS. The molecule has 0 fully saturated rings. The lowest BCUT2D eigenvalue weighted by Gasteiger charge is -2.08. The largest absolute Gasteiger partial charge is 0.390 e. The Morgan fingerprint density at radius 2 is 2.30 bits per heavy atom. The zero-order chi connectivity index (χ0) is 14.4. The van der Waals surface area contributed by atoms with Crippen LogP contribution in [-0.4, -0.2) is 14.7 Å². The molecule has 6 heteroatoms. The number of aliphatic hydroxyl groups is 1. The van der Waals surface area contributed by atoms with Crippen LogP contribution in [0.15, 0.2) is 35.6 Å². The summed E-state index contributed by atoms with van der Waals surface area (Å²) in [7, 11) is 0. The predicted octanol–water partition coefficient (Wildman–Crippen LogP) is 2.72. The summed E-state index contributed by atoms with van der Waals surface area (Å²) in [6.07, 6.45) is 1.96. The Kier molecular flexibility index (Phi) is 5.16. The summed E-state index contributed by atoms with van der Waals surface area (Å²) in [4.78, 5) is 4.24. The van der Waals surface area contributed by atoms with Gasteiger partial charge in [0, 0.05) is 12.3 Å². The number of thioether (sulfide) groups is 1. The van der Waals surface area contributed by atoms with Gasteiger partial charge in [-0.15, -0.1) is 0 Å². The first-order chi connectivity index (χ1) is 9.74. The smallest absolute Gasteiger partial charge is 0.168 e. The number of nitrogens with zero attached hydrogens (tertiary/aromatic N) is 3. The molecule has 0 atom stereocenters. The molecule has 1 aromatic heterocycles. The summed E-state index contributed by atoms with van der Waals surface area (Å²) in [5, 5.41) is 18.6. The van der Waals surface area contributed by atoms with E-state index in [2.05, 4.69) is 11.1 Å². The molecule has 0 aliphatic carbocycles. The van der Waals surface area contributed by atoms with Gasteiger partial charge in [0.2, 0.25) is 0 Å². The van der Waals surface area contributed by atoms with Gasteiger partial charge >= 0.3 is 0 Å². The molecule has 0 saturated heterocycles. The average Bonchev–Trinajstić information content (AvgIpc) is 2.85. The Morgan fingerprint density at radius 1 is 1.45 bits per heavy atom. The molecule has 104 valence electrons. The summed E-state index contributed by atoms with van der Waals surface area (Å²) in [5.41, 5.74) is 1.55. The molecule has 2 rings (SSSR count). The lowest BCUT2D eigenvalue weighted by Crippen LogP contribution is -2.04. The number of hydrogen-bond acceptors (Lipinski definition) is 4. The summed E-state index contributed by atoms with van der Waals surface area (Å²) in [6, 6.07) is 8.50. The van der Waals surface area contributed by atoms with Crippen LogP contribution in [0.1, 0.15) is 17.7 Å². The van der Waals surface area contributed by atoms with Crippen molar-refractivity contribution in [3.05, 3.63) is 47.5 Å². The Balaban J connectivity index is 2.09. The van der Waals surface area contributed by atoms with E-state index in [1.54, 1.807) is 12.3 Å². The van der Waals surface area contributed by atoms with Gasteiger partial charge in [0.15, 0.2) is 5.16 Å². The van der Waals surface area contributed by atoms with Crippen molar-refractivity contribution in [2.24, 2.45) is 0 Å². The Bertz CT molecular complexity index is 621. The number of nitriles is 1. The number of imidazole rings is 1. The van der Waals surface area contributed by atoms with E-state index in [0.29, 0.717) is 24.4 Å². The molecule has 1 aromatic carbocycles. The van der Waals surface area contributed by atoms with E-state index < -0.39 is 0 Å². The van der Waals surface area contributed by atoms with Gasteiger partial charge in [-0.2, -0.15) is 5.26 Å². The van der Waals surface area contributed by atoms with Crippen molar-refractivity contribution in [2.75, 3.05) is 0 Å². The lowest BCUT2D eigenvalue weighted by molar-refractivity contribution is 0.269. The maximum Gasteiger partial charge on any atom is 0.168 e. The second-order valence-corrected chi connectivity index (χ2v) is 5.11. The summed E-state index contributed by atoms with van der Waals surface area (Å²) in [5.74, 6) is 0.332. The highest BCUT2D eigenvalue weighted by molar-refractivity contribution is 7.98. The fourth-order valence-electron chi connectivity index (χ4n) is 1.81. The Labute approximate surface area is 120 Å². The predicted molar refractivity (Wildman–Crippen MR) is 74.3 cm³/mol. The maximum absolute atomic E-state index is 13.1. The topological polar surface area (TPSA) is 61.8 Å². The van der Waals surface area contributed by atoms with Crippen molar-refractivity contribution in [3.63, 3.8) is 0 Å². The van der Waals surface area contributed by atoms with Gasteiger partial charge in [-0.05, 0) is 17.7 Å². The van der Waals surface area contributed by atoms with Gasteiger partial charge in [0.1, 0.15) is 5.82 Å². The van der Waals surface area contributed by atoms with Crippen LogP contribution >= 0.6 is 11.8 Å². The van der Waals surface area contributed by atoms with Crippen molar-refractivity contribution >= 4 is 11.8 Å². The molecule has 1 heterocycles. The van der Waals surface area contributed by atoms with Gasteiger partial charge in [-0.3, -0.25) is 0 Å². The van der Waals surface area contributed by atoms with E-state index in [9.17, 15) is 9.50 Å². The molecule has 0 spiro atoms. The van der Waals surface area contributed by atoms with Crippen molar-refractivity contribution in [3.8, 4) is 6.07 Å². The van der Waals surface area contributed by atoms with Crippen molar-refractivity contribution in [2.45, 2.75) is 30.5 Å². The van der Waals surface area contributed by atoms with Crippen LogP contribution < -0.4 is 0 Å². The zero-order valence-electron chi connectivity index (χ0n) is 10.8. The minimum Gasteiger partial charge on any atom is -0.390 e. The lowest BCUT2D eigenvalue weighted by atomic mass is 10.2. The zero-order valence-corrected chi connectivity index (χ0v) is 11.6. The molecule has 0 aliphatic heterocycles. The second kappa shape index (κ2) is 7.08. The standard InChI is InChI=1S/C14H14FN3OS/c15-12-4-1-3-11(7-12)10-20-14-17-8-13(9-19)18(14)6-2-5-16/h1,3-4,7-8,19H,2,6,9-10H2. The molecule has 0 saturated carbocycles. The van der Waals surface area contributed by atoms with Gasteiger partial charge in [-0.1, -0.05) is 23.9 Å². The van der Waals surface area contributed by atoms with E-state index >= 15 is 0 Å². The number of halogens is 1. The molecule has 4 nitrogen and oxygen atoms in total. The van der Waals surface area contributed by atoms with Gasteiger partial charge in [0.25, 0.3) is 0 Å². The second-order valence-electron chi connectivity index (χ2n) is 4.17. The maximum atomic E-state index is 13.1. The molecule has 2 aromatic rings. The first-order valence-electron chi connectivity index (χ1n) is 6.14. The summed E-state index contributed by atoms with van der Waals surface area (Å²) in [6.45, 7) is 0.386. The average molecular weight is 291 g/mol. The minimum absolute atomic E-state index is 0.112. The van der Waals surface area contributed by atoms with E-state index in [1.807, 2.05) is 10.6 Å². The fraction of sp³-hybridized carbons (Fsp3) is 0.286. The normalized spacial score (nSPS) is 10.4. The van der Waals surface area contributed by atoms with Crippen LogP contribution in [0, 0.1) is 17.1 Å². The third-order valence-electron chi connectivity index (χ3n) is 2.77. The molecule has 0 unspecified atom stereocenters. The van der Waals surface area contributed by atoms with Gasteiger partial charge < -0.3 is 9.67 Å². The quantitative estimate of drug-likeness (QED) is 0.831. The van der Waals surface area contributed by atoms with E-state index in [1.165, 1.54) is 23.9 Å². The van der Waals surface area contributed by atoms with Gasteiger partial charge in [0.05, 0.1) is 31.0 Å². The highest BCUT2D eigenvalue weighted by atomic mass is 32.2. The molecule has 1 N–H and O–H groups in total. The monoisotopic (exact) mass is 291 g/mol. The van der Waals surface area contributed by atoms with E-state index in [0.717, 1.165) is 10.7 Å². The summed E-state index contributed by atoms with van der Waals surface area (Å²) < 4.78 is 14.9. The van der Waals surface area contributed by atoms with Crippen molar-refractivity contribution in [1.29, 1.82) is 5.26 Å². The van der Waals surface area contributed by atoms with Crippen molar-refractivity contribution in [1.82, 2.24) is 9.55 Å². The van der Waals surface area contributed by atoms with Crippen LogP contribution in [0.3, 0.4) is 0 Å². The van der Waals surface area contributed by atoms with Crippen molar-refractivity contribution < 1.29 is 9.50 Å². The first kappa shape index (κ1) is 14.6. The fourth-order valence-corrected chi connectivity index (χ4v) is 2.78. The number of hydrogen-bond donors (Lipinski definition) is 1. The molecule has 20 heavy (non-hydrogen) atoms. The number of rotatable bonds is 6. The van der Waals surface area contributed by atoms with Crippen LogP contribution in [0.25, 0.3) is 0 Å². The molecule has 0 amide bonds. The molecule has 0 bridgehead atoms. The van der Waals surface area contributed by atoms with Crippen LogP contribution in [-0.2, 0) is 18.9 Å². The van der Waals surface area contributed by atoms with E-state index in [-0.39, 0.29) is 12.4 Å². The molecular weight excluding hydrogens is 277 g/mol. The van der Waals surface area contributed by atoms with Crippen LogP contribution in [0.4, 0.5) is 4.39 Å². The summed E-state index contributed by atoms with van der Waals surface area (Å²) >= 11 is 1.46. The molecule has 0 aliphatic rings. The number of aliphatic hydroxyl groups excluding tert-OH is 1. The Morgan fingerprint density at radius 3 is 3.00 bits per heavy atom. The Hall–Kier alpha value is -1.84. The van der Waals surface area contributed by atoms with Crippen LogP contribution in [0.5, 0.6) is 0 Å². The van der Waals surface area contributed by atoms with Crippen LogP contribution in [0.2, 0.25) is 0 Å². The third kappa shape index (κ3) is 3.59. The number of aromatic nitrogens is 2. The highest BCUT2D eigenvalue weighted by Crippen LogP contribution is 2.23. The highest BCUT2D eigenvalue weighted by Gasteiger charge is 2.10. The van der Waals surface area contributed by atoms with E-state index in [4.69, 9.17) is 5.26 Å². The third-order valence-corrected chi connectivity index (χ3v) is 3.83. The van der Waals surface area contributed by atoms with Gasteiger partial charge in [-0.25, -0.2) is 9.37 Å². The first-order valence-corrected chi connectivity index (χ1v) is 7.12. The molecule has 0 radical (unpaired) electrons. The minimum atomic E-state index is -0.257. The number of benzene rings is 1. The SMILES string of the molecule is N#CCCn1c(CO)cnc1SCc1cccc(F)c1.